The molecule has 8 atom stereocenters. The number of rotatable bonds is 8. The van der Waals surface area contributed by atoms with Crippen molar-refractivity contribution in [2.24, 2.45) is 23.7 Å². The van der Waals surface area contributed by atoms with E-state index in [2.05, 4.69) is 12.2 Å². The molecule has 1 saturated carbocycles. The van der Waals surface area contributed by atoms with Crippen LogP contribution < -0.4 is 5.32 Å². The van der Waals surface area contributed by atoms with Crippen LogP contribution in [0.15, 0.2) is 0 Å². The van der Waals surface area contributed by atoms with Crippen LogP contribution in [0.4, 0.5) is 0 Å². The van der Waals surface area contributed by atoms with E-state index in [9.17, 15) is 14.4 Å². The van der Waals surface area contributed by atoms with Crippen LogP contribution in [0.1, 0.15) is 72.1 Å². The second-order valence-corrected chi connectivity index (χ2v) is 10.1. The predicted octanol–water partition coefficient (Wildman–Crippen LogP) is 2.50. The summed E-state index contributed by atoms with van der Waals surface area (Å²) in [7, 11) is 0. The van der Waals surface area contributed by atoms with Crippen LogP contribution >= 0.6 is 0 Å². The summed E-state index contributed by atoms with van der Waals surface area (Å²) in [6.07, 6.45) is 2.30. The molecular weight excluding hydrogens is 434 g/mol. The number of esters is 1. The Balaban J connectivity index is 1.35. The molecule has 10 nitrogen and oxygen atoms in total. The van der Waals surface area contributed by atoms with Crippen molar-refractivity contribution in [3.63, 3.8) is 0 Å². The summed E-state index contributed by atoms with van der Waals surface area (Å²) in [4.78, 5) is 46.8. The van der Waals surface area contributed by atoms with Crippen LogP contribution in [0.3, 0.4) is 0 Å². The summed E-state index contributed by atoms with van der Waals surface area (Å²) in [6.45, 7) is 6.33. The lowest BCUT2D eigenvalue weighted by Gasteiger charge is -2.59. The van der Waals surface area contributed by atoms with Gasteiger partial charge in [-0.15, -0.1) is 0 Å². The maximum absolute atomic E-state index is 12.5. The van der Waals surface area contributed by atoms with Crippen molar-refractivity contribution < 1.29 is 43.5 Å². The third-order valence-electron chi connectivity index (χ3n) is 7.79. The maximum Gasteiger partial charge on any atom is 0.308 e. The van der Waals surface area contributed by atoms with Gasteiger partial charge in [-0.2, -0.15) is 0 Å². The van der Waals surface area contributed by atoms with E-state index < -0.39 is 35.9 Å². The zero-order chi connectivity index (χ0) is 23.8. The van der Waals surface area contributed by atoms with E-state index in [4.69, 9.17) is 29.1 Å². The average Bonchev–Trinajstić information content (AvgIpc) is 2.99. The fourth-order valence-electron chi connectivity index (χ4n) is 5.97. The van der Waals surface area contributed by atoms with Gasteiger partial charge in [-0.3, -0.25) is 14.4 Å². The number of carbonyl (C=O) groups is 3. The maximum atomic E-state index is 12.5. The molecule has 2 N–H and O–H groups in total. The largest absolute Gasteiger partial charge is 0.481 e. The van der Waals surface area contributed by atoms with E-state index in [0.717, 1.165) is 19.3 Å². The summed E-state index contributed by atoms with van der Waals surface area (Å²) in [6, 6.07) is 0. The normalized spacial score (nSPS) is 41.5. The van der Waals surface area contributed by atoms with E-state index in [1.54, 1.807) is 0 Å². The van der Waals surface area contributed by atoms with Crippen molar-refractivity contribution in [1.29, 1.82) is 0 Å². The second-order valence-electron chi connectivity index (χ2n) is 10.1. The molecule has 10 heteroatoms. The lowest BCUT2D eigenvalue weighted by atomic mass is 9.58. The number of hydrogen-bond acceptors (Lipinski definition) is 8. The zero-order valence-corrected chi connectivity index (χ0v) is 19.5. The molecular formula is C23H35NO9. The third kappa shape index (κ3) is 4.76. The van der Waals surface area contributed by atoms with E-state index >= 15 is 0 Å². The number of amides is 1. The van der Waals surface area contributed by atoms with E-state index in [1.165, 1.54) is 0 Å². The van der Waals surface area contributed by atoms with Crippen molar-refractivity contribution in [2.75, 3.05) is 6.54 Å². The molecule has 4 saturated heterocycles. The fraction of sp³-hybridized carbons (Fsp3) is 0.870. The number of fused-ring (bicyclic) bond motifs is 2. The van der Waals surface area contributed by atoms with Gasteiger partial charge in [0.25, 0.3) is 0 Å². The summed E-state index contributed by atoms with van der Waals surface area (Å²) in [5.41, 5.74) is -0.716. The molecule has 2 bridgehead atoms. The molecule has 1 spiro atoms. The molecule has 0 radical (unpaired) electrons. The first-order valence-corrected chi connectivity index (χ1v) is 12.0. The Kier molecular flexibility index (Phi) is 7.00. The van der Waals surface area contributed by atoms with Crippen LogP contribution in [-0.4, -0.2) is 53.5 Å². The average molecular weight is 470 g/mol. The van der Waals surface area contributed by atoms with Crippen molar-refractivity contribution >= 4 is 17.8 Å². The molecule has 4 heterocycles. The Bertz CT molecular complexity index is 775. The zero-order valence-electron chi connectivity index (χ0n) is 19.5. The molecule has 186 valence electrons. The van der Waals surface area contributed by atoms with Gasteiger partial charge in [0.1, 0.15) is 0 Å². The van der Waals surface area contributed by atoms with Gasteiger partial charge < -0.3 is 24.6 Å². The Labute approximate surface area is 193 Å². The van der Waals surface area contributed by atoms with Gasteiger partial charge in [0, 0.05) is 37.6 Å². The predicted molar refractivity (Wildman–Crippen MR) is 112 cm³/mol. The lowest BCUT2D eigenvalue weighted by molar-refractivity contribution is -0.576. The molecule has 33 heavy (non-hydrogen) atoms. The molecule has 1 aliphatic carbocycles. The third-order valence-corrected chi connectivity index (χ3v) is 7.79. The van der Waals surface area contributed by atoms with E-state index in [-0.39, 0.29) is 49.5 Å². The number of aliphatic carboxylic acids is 1. The highest BCUT2D eigenvalue weighted by Crippen LogP contribution is 2.60. The van der Waals surface area contributed by atoms with Crippen molar-refractivity contribution in [1.82, 2.24) is 5.32 Å². The Morgan fingerprint density at radius 2 is 1.85 bits per heavy atom. The molecule has 1 amide bonds. The number of carbonyl (C=O) groups excluding carboxylic acids is 2. The van der Waals surface area contributed by atoms with Gasteiger partial charge in [-0.1, -0.05) is 13.8 Å². The minimum atomic E-state index is -0.910. The van der Waals surface area contributed by atoms with Crippen LogP contribution in [0.5, 0.6) is 0 Å². The summed E-state index contributed by atoms with van der Waals surface area (Å²) < 4.78 is 18.1. The summed E-state index contributed by atoms with van der Waals surface area (Å²) in [5.74, 6) is -2.05. The molecule has 0 unspecified atom stereocenters. The highest BCUT2D eigenvalue weighted by Gasteiger charge is 2.69. The van der Waals surface area contributed by atoms with Gasteiger partial charge in [0.05, 0.1) is 6.42 Å². The highest BCUT2D eigenvalue weighted by atomic mass is 17.3. The minimum absolute atomic E-state index is 0.0153. The Hall–Kier alpha value is -1.75. The smallest absolute Gasteiger partial charge is 0.308 e. The second kappa shape index (κ2) is 9.48. The molecule has 0 aromatic heterocycles. The molecule has 5 aliphatic rings. The first kappa shape index (κ1) is 24.4. The van der Waals surface area contributed by atoms with Crippen molar-refractivity contribution in [2.45, 2.75) is 96.1 Å². The standard InChI is InChI=1S/C23H35NO9/c1-13-6-7-16-14(2)20(29-19(28)9-8-17(25)24-12-4-5-18(26)27)30-21-23(16)15(13)10-11-22(3,31-21)32-33-23/h13-16,20-21H,4-12H2,1-3H3,(H,24,25)(H,26,27)/t13-,14+,15+,16-,20+,21+,22+,23+/m1/s1. The number of ether oxygens (including phenoxy) is 3. The number of carboxylic acids is 1. The van der Waals surface area contributed by atoms with Crippen molar-refractivity contribution in [3.8, 4) is 0 Å². The summed E-state index contributed by atoms with van der Waals surface area (Å²) in [5, 5.41) is 11.2. The van der Waals surface area contributed by atoms with Crippen LogP contribution in [0.25, 0.3) is 0 Å². The molecule has 5 rings (SSSR count). The Morgan fingerprint density at radius 1 is 1.06 bits per heavy atom. The van der Waals surface area contributed by atoms with E-state index in [1.807, 2.05) is 13.8 Å². The topological polar surface area (TPSA) is 130 Å². The quantitative estimate of drug-likeness (QED) is 0.313. The highest BCUT2D eigenvalue weighted by molar-refractivity contribution is 5.81. The van der Waals surface area contributed by atoms with Crippen molar-refractivity contribution in [3.05, 3.63) is 0 Å². The number of carboxylic acid groups (broad SMARTS) is 1. The van der Waals surface area contributed by atoms with Gasteiger partial charge >= 0.3 is 11.9 Å². The van der Waals surface area contributed by atoms with Gasteiger partial charge in [-0.25, -0.2) is 9.78 Å². The van der Waals surface area contributed by atoms with Crippen LogP contribution in [-0.2, 0) is 38.4 Å². The minimum Gasteiger partial charge on any atom is -0.481 e. The van der Waals surface area contributed by atoms with Gasteiger partial charge in [0.2, 0.25) is 18.0 Å². The first-order valence-electron chi connectivity index (χ1n) is 12.0. The molecule has 5 fully saturated rings. The molecule has 0 aromatic rings. The number of nitrogens with one attached hydrogen (secondary N) is 1. The van der Waals surface area contributed by atoms with Gasteiger partial charge in [-0.05, 0) is 44.4 Å². The molecule has 0 aromatic carbocycles. The molecule has 4 aliphatic heterocycles. The summed E-state index contributed by atoms with van der Waals surface area (Å²) >= 11 is 0. The monoisotopic (exact) mass is 469 g/mol. The first-order chi connectivity index (χ1) is 15.6. The fourth-order valence-corrected chi connectivity index (χ4v) is 5.97. The lowest BCUT2D eigenvalue weighted by Crippen LogP contribution is -2.70. The SMILES string of the molecule is C[C@@H]1[C@@H](OC(=O)CCC(=O)NCCCC(=O)O)O[C@H]2O[C@]3(C)CC[C@H]4[C@H](C)CC[C@H]1[C@]24OO3. The van der Waals surface area contributed by atoms with E-state index in [0.29, 0.717) is 18.8 Å². The number of hydrogen-bond donors (Lipinski definition) is 2. The van der Waals surface area contributed by atoms with Gasteiger partial charge in [0.15, 0.2) is 11.9 Å². The van der Waals surface area contributed by atoms with Crippen LogP contribution in [0.2, 0.25) is 0 Å². The van der Waals surface area contributed by atoms with Crippen LogP contribution in [0, 0.1) is 23.7 Å². The Morgan fingerprint density at radius 3 is 2.61 bits per heavy atom.